The van der Waals surface area contributed by atoms with Crippen molar-refractivity contribution in [1.82, 2.24) is 5.32 Å². The summed E-state index contributed by atoms with van der Waals surface area (Å²) in [4.78, 5) is 0. The molecule has 0 aliphatic heterocycles. The molecular formula is C17H29NO2. The number of rotatable bonds is 12. The van der Waals surface area contributed by atoms with E-state index in [0.29, 0.717) is 0 Å². The lowest BCUT2D eigenvalue weighted by atomic mass is 10.1. The Labute approximate surface area is 123 Å². The van der Waals surface area contributed by atoms with Gasteiger partial charge in [0.2, 0.25) is 0 Å². The molecule has 0 spiro atoms. The van der Waals surface area contributed by atoms with Crippen LogP contribution < -0.4 is 10.1 Å². The minimum Gasteiger partial charge on any atom is -0.494 e. The number of unbranched alkanes of at least 4 members (excludes halogenated alkanes) is 2. The first-order chi connectivity index (χ1) is 9.86. The molecule has 114 valence electrons. The molecular weight excluding hydrogens is 250 g/mol. The van der Waals surface area contributed by atoms with E-state index in [2.05, 4.69) is 36.5 Å². The van der Waals surface area contributed by atoms with Gasteiger partial charge in [-0.25, -0.2) is 0 Å². The Kier molecular flexibility index (Phi) is 9.98. The van der Waals surface area contributed by atoms with E-state index in [1.807, 2.05) is 0 Å². The van der Waals surface area contributed by atoms with Gasteiger partial charge in [0.1, 0.15) is 5.75 Å². The third kappa shape index (κ3) is 8.18. The minimum atomic E-state index is 0.779. The fourth-order valence-electron chi connectivity index (χ4n) is 1.97. The van der Waals surface area contributed by atoms with Crippen LogP contribution in [0.4, 0.5) is 0 Å². The molecule has 3 heteroatoms. The van der Waals surface area contributed by atoms with Crippen LogP contribution in [-0.2, 0) is 11.2 Å². The molecule has 20 heavy (non-hydrogen) atoms. The van der Waals surface area contributed by atoms with Crippen molar-refractivity contribution in [3.8, 4) is 5.75 Å². The van der Waals surface area contributed by atoms with Crippen LogP contribution in [-0.4, -0.2) is 33.4 Å². The van der Waals surface area contributed by atoms with E-state index in [-0.39, 0.29) is 0 Å². The molecule has 0 fully saturated rings. The first kappa shape index (κ1) is 17.0. The molecule has 0 unspecified atom stereocenters. The number of hydrogen-bond donors (Lipinski definition) is 1. The highest BCUT2D eigenvalue weighted by atomic mass is 16.5. The van der Waals surface area contributed by atoms with E-state index in [1.54, 1.807) is 7.11 Å². The topological polar surface area (TPSA) is 30.5 Å². The molecule has 0 heterocycles. The van der Waals surface area contributed by atoms with Gasteiger partial charge in [-0.2, -0.15) is 0 Å². The third-order valence-electron chi connectivity index (χ3n) is 3.24. The molecule has 1 N–H and O–H groups in total. The summed E-state index contributed by atoms with van der Waals surface area (Å²) in [6, 6.07) is 8.53. The van der Waals surface area contributed by atoms with E-state index in [0.717, 1.165) is 44.9 Å². The fraction of sp³-hybridized carbons (Fsp3) is 0.647. The van der Waals surface area contributed by atoms with Gasteiger partial charge in [0.25, 0.3) is 0 Å². The van der Waals surface area contributed by atoms with Gasteiger partial charge in [0.15, 0.2) is 0 Å². The highest BCUT2D eigenvalue weighted by Gasteiger charge is 1.96. The zero-order valence-electron chi connectivity index (χ0n) is 13.0. The largest absolute Gasteiger partial charge is 0.494 e. The summed E-state index contributed by atoms with van der Waals surface area (Å²) >= 11 is 0. The molecule has 0 saturated heterocycles. The number of nitrogens with one attached hydrogen (secondary N) is 1. The van der Waals surface area contributed by atoms with Gasteiger partial charge in [-0.3, -0.25) is 0 Å². The predicted octanol–water partition coefficient (Wildman–Crippen LogP) is 3.42. The van der Waals surface area contributed by atoms with Crippen molar-refractivity contribution in [3.63, 3.8) is 0 Å². The monoisotopic (exact) mass is 279 g/mol. The first-order valence-electron chi connectivity index (χ1n) is 7.78. The normalized spacial score (nSPS) is 10.7. The molecule has 1 aromatic carbocycles. The van der Waals surface area contributed by atoms with Crippen LogP contribution in [0.2, 0.25) is 0 Å². The van der Waals surface area contributed by atoms with Gasteiger partial charge < -0.3 is 14.8 Å². The predicted molar refractivity (Wildman–Crippen MR) is 84.5 cm³/mol. The molecule has 0 aliphatic rings. The highest BCUT2D eigenvalue weighted by molar-refractivity contribution is 5.27. The van der Waals surface area contributed by atoms with Crippen LogP contribution in [0.25, 0.3) is 0 Å². The van der Waals surface area contributed by atoms with Crippen LogP contribution in [0.1, 0.15) is 38.2 Å². The van der Waals surface area contributed by atoms with Gasteiger partial charge in [0, 0.05) is 13.7 Å². The Morgan fingerprint density at radius 3 is 2.45 bits per heavy atom. The van der Waals surface area contributed by atoms with Gasteiger partial charge >= 0.3 is 0 Å². The fourth-order valence-corrected chi connectivity index (χ4v) is 1.97. The summed E-state index contributed by atoms with van der Waals surface area (Å²) in [5.74, 6) is 0.984. The zero-order valence-corrected chi connectivity index (χ0v) is 13.0. The van der Waals surface area contributed by atoms with Crippen molar-refractivity contribution < 1.29 is 9.47 Å². The van der Waals surface area contributed by atoms with Gasteiger partial charge in [-0.1, -0.05) is 25.5 Å². The molecule has 3 nitrogen and oxygen atoms in total. The molecule has 0 aliphatic carbocycles. The average Bonchev–Trinajstić information content (AvgIpc) is 2.49. The first-order valence-corrected chi connectivity index (χ1v) is 7.78. The lowest BCUT2D eigenvalue weighted by Crippen LogP contribution is -2.20. The Morgan fingerprint density at radius 2 is 1.75 bits per heavy atom. The van der Waals surface area contributed by atoms with Crippen molar-refractivity contribution in [2.45, 2.75) is 39.0 Å². The van der Waals surface area contributed by atoms with Crippen molar-refractivity contribution in [2.75, 3.05) is 33.4 Å². The zero-order chi connectivity index (χ0) is 14.5. The van der Waals surface area contributed by atoms with E-state index in [4.69, 9.17) is 9.47 Å². The number of benzene rings is 1. The Balaban J connectivity index is 2.04. The maximum atomic E-state index is 5.74. The van der Waals surface area contributed by atoms with Crippen molar-refractivity contribution in [1.29, 1.82) is 0 Å². The Hall–Kier alpha value is -1.06. The SMILES string of the molecule is CCCCc1ccc(OCCCCNCCOC)cc1. The smallest absolute Gasteiger partial charge is 0.119 e. The molecule has 1 rings (SSSR count). The number of hydrogen-bond acceptors (Lipinski definition) is 3. The lowest BCUT2D eigenvalue weighted by Gasteiger charge is -2.08. The summed E-state index contributed by atoms with van der Waals surface area (Å²) in [5.41, 5.74) is 1.40. The molecule has 0 amide bonds. The third-order valence-corrected chi connectivity index (χ3v) is 3.24. The average molecular weight is 279 g/mol. The number of methoxy groups -OCH3 is 1. The van der Waals surface area contributed by atoms with Crippen molar-refractivity contribution >= 4 is 0 Å². The summed E-state index contributed by atoms with van der Waals surface area (Å²) in [7, 11) is 1.73. The Morgan fingerprint density at radius 1 is 0.950 bits per heavy atom. The van der Waals surface area contributed by atoms with Crippen molar-refractivity contribution in [2.24, 2.45) is 0 Å². The number of aryl methyl sites for hydroxylation is 1. The molecule has 0 saturated carbocycles. The maximum absolute atomic E-state index is 5.74. The van der Waals surface area contributed by atoms with E-state index in [9.17, 15) is 0 Å². The quantitative estimate of drug-likeness (QED) is 0.595. The summed E-state index contributed by atoms with van der Waals surface area (Å²) in [5, 5.41) is 3.33. The standard InChI is InChI=1S/C17H29NO2/c1-3-4-7-16-8-10-17(11-9-16)20-14-6-5-12-18-13-15-19-2/h8-11,18H,3-7,12-15H2,1-2H3. The molecule has 1 aromatic rings. The summed E-state index contributed by atoms with van der Waals surface area (Å²) in [6.45, 7) is 5.75. The molecule has 0 atom stereocenters. The summed E-state index contributed by atoms with van der Waals surface area (Å²) in [6.07, 6.45) is 5.90. The van der Waals surface area contributed by atoms with Gasteiger partial charge in [0.05, 0.1) is 13.2 Å². The molecule has 0 radical (unpaired) electrons. The Bertz CT molecular complexity index is 324. The lowest BCUT2D eigenvalue weighted by molar-refractivity contribution is 0.199. The van der Waals surface area contributed by atoms with E-state index < -0.39 is 0 Å². The maximum Gasteiger partial charge on any atom is 0.119 e. The van der Waals surface area contributed by atoms with Gasteiger partial charge in [-0.05, 0) is 49.9 Å². The second kappa shape index (κ2) is 11.7. The minimum absolute atomic E-state index is 0.779. The second-order valence-electron chi connectivity index (χ2n) is 5.05. The highest BCUT2D eigenvalue weighted by Crippen LogP contribution is 2.14. The van der Waals surface area contributed by atoms with E-state index in [1.165, 1.54) is 24.8 Å². The van der Waals surface area contributed by atoms with Crippen LogP contribution in [0.3, 0.4) is 0 Å². The summed E-state index contributed by atoms with van der Waals surface area (Å²) < 4.78 is 10.7. The van der Waals surface area contributed by atoms with Crippen LogP contribution in [0, 0.1) is 0 Å². The van der Waals surface area contributed by atoms with Crippen LogP contribution in [0.15, 0.2) is 24.3 Å². The van der Waals surface area contributed by atoms with Gasteiger partial charge in [-0.15, -0.1) is 0 Å². The number of ether oxygens (including phenoxy) is 2. The van der Waals surface area contributed by atoms with Crippen LogP contribution >= 0.6 is 0 Å². The second-order valence-corrected chi connectivity index (χ2v) is 5.05. The molecule has 0 aromatic heterocycles. The van der Waals surface area contributed by atoms with E-state index >= 15 is 0 Å². The molecule has 0 bridgehead atoms. The van der Waals surface area contributed by atoms with Crippen LogP contribution in [0.5, 0.6) is 5.75 Å². The van der Waals surface area contributed by atoms with Crippen molar-refractivity contribution in [3.05, 3.63) is 29.8 Å².